The molecule has 1 aromatic carbocycles. The first-order chi connectivity index (χ1) is 5.97. The van der Waals surface area contributed by atoms with E-state index in [9.17, 15) is 5.11 Å². The minimum atomic E-state index is -0.695. The van der Waals surface area contributed by atoms with Gasteiger partial charge in [0.2, 0.25) is 0 Å². The molecule has 0 atom stereocenters. The quantitative estimate of drug-likeness (QED) is 0.784. The third-order valence-corrected chi connectivity index (χ3v) is 1.82. The van der Waals surface area contributed by atoms with Crippen molar-refractivity contribution in [3.8, 4) is 0 Å². The van der Waals surface area contributed by atoms with E-state index in [-0.39, 0.29) is 0 Å². The van der Waals surface area contributed by atoms with Crippen LogP contribution in [0.2, 0.25) is 5.02 Å². The fourth-order valence-electron chi connectivity index (χ4n) is 0.886. The van der Waals surface area contributed by atoms with Gasteiger partial charge in [0.1, 0.15) is 0 Å². The van der Waals surface area contributed by atoms with Crippen LogP contribution in [0.3, 0.4) is 0 Å². The standard InChI is InChI=1S/C10H14ClNO/c1-10(2,13)7-12-9-5-3-8(11)4-6-9/h3-6,12-13H,7H2,1-2H3. The molecule has 13 heavy (non-hydrogen) atoms. The molecule has 0 aromatic heterocycles. The zero-order chi connectivity index (χ0) is 9.90. The molecule has 0 amide bonds. The Balaban J connectivity index is 2.51. The summed E-state index contributed by atoms with van der Waals surface area (Å²) in [7, 11) is 0. The molecule has 0 saturated heterocycles. The molecule has 1 rings (SSSR count). The molecule has 0 aliphatic carbocycles. The van der Waals surface area contributed by atoms with E-state index in [1.54, 1.807) is 13.8 Å². The van der Waals surface area contributed by atoms with Crippen LogP contribution in [-0.2, 0) is 0 Å². The van der Waals surface area contributed by atoms with Crippen LogP contribution < -0.4 is 5.32 Å². The first-order valence-corrected chi connectivity index (χ1v) is 4.57. The van der Waals surface area contributed by atoms with E-state index in [0.29, 0.717) is 11.6 Å². The van der Waals surface area contributed by atoms with Gasteiger partial charge in [0.05, 0.1) is 5.60 Å². The zero-order valence-corrected chi connectivity index (χ0v) is 8.60. The van der Waals surface area contributed by atoms with Gasteiger partial charge in [0.15, 0.2) is 0 Å². The first kappa shape index (κ1) is 10.4. The van der Waals surface area contributed by atoms with Crippen LogP contribution in [0.5, 0.6) is 0 Å². The fraction of sp³-hybridized carbons (Fsp3) is 0.400. The SMILES string of the molecule is CC(C)(O)CNc1ccc(Cl)cc1. The summed E-state index contributed by atoms with van der Waals surface area (Å²) in [5.74, 6) is 0. The number of aliphatic hydroxyl groups is 1. The third kappa shape index (κ3) is 4.15. The van der Waals surface area contributed by atoms with Gasteiger partial charge < -0.3 is 10.4 Å². The normalized spacial score (nSPS) is 11.4. The van der Waals surface area contributed by atoms with Crippen LogP contribution >= 0.6 is 11.6 Å². The molecule has 1 aromatic rings. The van der Waals surface area contributed by atoms with Crippen molar-refractivity contribution in [1.82, 2.24) is 0 Å². The number of halogens is 1. The Hall–Kier alpha value is -0.730. The van der Waals surface area contributed by atoms with Gasteiger partial charge in [0.25, 0.3) is 0 Å². The average molecular weight is 200 g/mol. The molecule has 0 aliphatic heterocycles. The number of nitrogens with one attached hydrogen (secondary N) is 1. The first-order valence-electron chi connectivity index (χ1n) is 4.19. The highest BCUT2D eigenvalue weighted by Gasteiger charge is 2.10. The van der Waals surface area contributed by atoms with Crippen LogP contribution in [0.15, 0.2) is 24.3 Å². The van der Waals surface area contributed by atoms with E-state index in [4.69, 9.17) is 11.6 Å². The highest BCUT2D eigenvalue weighted by molar-refractivity contribution is 6.30. The minimum absolute atomic E-state index is 0.522. The van der Waals surface area contributed by atoms with E-state index in [1.165, 1.54) is 0 Å². The smallest absolute Gasteiger partial charge is 0.0763 e. The Bertz CT molecular complexity index is 263. The Morgan fingerprint density at radius 2 is 1.85 bits per heavy atom. The molecule has 0 heterocycles. The summed E-state index contributed by atoms with van der Waals surface area (Å²) in [4.78, 5) is 0. The van der Waals surface area contributed by atoms with Crippen LogP contribution in [0.25, 0.3) is 0 Å². The highest BCUT2D eigenvalue weighted by Crippen LogP contribution is 2.14. The van der Waals surface area contributed by atoms with E-state index >= 15 is 0 Å². The number of anilines is 1. The molecular weight excluding hydrogens is 186 g/mol. The number of rotatable bonds is 3. The molecule has 0 saturated carbocycles. The summed E-state index contributed by atoms with van der Waals surface area (Å²) in [6.07, 6.45) is 0. The Morgan fingerprint density at radius 3 is 2.31 bits per heavy atom. The van der Waals surface area contributed by atoms with Gasteiger partial charge in [0, 0.05) is 17.3 Å². The van der Waals surface area contributed by atoms with Gasteiger partial charge in [-0.3, -0.25) is 0 Å². The van der Waals surface area contributed by atoms with Crippen molar-refractivity contribution < 1.29 is 5.11 Å². The lowest BCUT2D eigenvalue weighted by molar-refractivity contribution is 0.0945. The summed E-state index contributed by atoms with van der Waals surface area (Å²) in [6, 6.07) is 7.39. The summed E-state index contributed by atoms with van der Waals surface area (Å²) in [5.41, 5.74) is 0.270. The fourth-order valence-corrected chi connectivity index (χ4v) is 1.01. The molecular formula is C10H14ClNO. The number of benzene rings is 1. The number of hydrogen-bond acceptors (Lipinski definition) is 2. The lowest BCUT2D eigenvalue weighted by Gasteiger charge is -2.18. The third-order valence-electron chi connectivity index (χ3n) is 1.57. The average Bonchev–Trinajstić information content (AvgIpc) is 2.02. The van der Waals surface area contributed by atoms with Gasteiger partial charge in [-0.2, -0.15) is 0 Å². The van der Waals surface area contributed by atoms with Gasteiger partial charge >= 0.3 is 0 Å². The van der Waals surface area contributed by atoms with Crippen molar-refractivity contribution in [3.63, 3.8) is 0 Å². The van der Waals surface area contributed by atoms with Crippen molar-refractivity contribution in [2.24, 2.45) is 0 Å². The van der Waals surface area contributed by atoms with Crippen molar-refractivity contribution >= 4 is 17.3 Å². The lowest BCUT2D eigenvalue weighted by atomic mass is 10.1. The maximum absolute atomic E-state index is 9.44. The molecule has 0 radical (unpaired) electrons. The van der Waals surface area contributed by atoms with Crippen LogP contribution in [0.4, 0.5) is 5.69 Å². The minimum Gasteiger partial charge on any atom is -0.389 e. The van der Waals surface area contributed by atoms with Crippen LogP contribution in [-0.4, -0.2) is 17.3 Å². The van der Waals surface area contributed by atoms with E-state index in [1.807, 2.05) is 24.3 Å². The van der Waals surface area contributed by atoms with Crippen molar-refractivity contribution in [2.75, 3.05) is 11.9 Å². The predicted octanol–water partition coefficient (Wildman–Crippen LogP) is 2.52. The second kappa shape index (κ2) is 3.99. The van der Waals surface area contributed by atoms with Crippen molar-refractivity contribution in [2.45, 2.75) is 19.4 Å². The van der Waals surface area contributed by atoms with Gasteiger partial charge in [-0.1, -0.05) is 11.6 Å². The van der Waals surface area contributed by atoms with Crippen LogP contribution in [0, 0.1) is 0 Å². The second-order valence-corrected chi connectivity index (χ2v) is 4.11. The van der Waals surface area contributed by atoms with E-state index < -0.39 is 5.60 Å². The summed E-state index contributed by atoms with van der Waals surface area (Å²) in [5, 5.41) is 13.3. The second-order valence-electron chi connectivity index (χ2n) is 3.67. The Labute approximate surface area is 83.5 Å². The zero-order valence-electron chi connectivity index (χ0n) is 7.84. The summed E-state index contributed by atoms with van der Waals surface area (Å²) in [6.45, 7) is 4.04. The maximum atomic E-state index is 9.44. The molecule has 0 aliphatic rings. The molecule has 0 fully saturated rings. The Kier molecular flexibility index (Phi) is 3.17. The van der Waals surface area contributed by atoms with Gasteiger partial charge in [-0.15, -0.1) is 0 Å². The monoisotopic (exact) mass is 199 g/mol. The molecule has 72 valence electrons. The molecule has 2 N–H and O–H groups in total. The highest BCUT2D eigenvalue weighted by atomic mass is 35.5. The lowest BCUT2D eigenvalue weighted by Crippen LogP contribution is -2.29. The maximum Gasteiger partial charge on any atom is 0.0763 e. The molecule has 0 bridgehead atoms. The van der Waals surface area contributed by atoms with Crippen LogP contribution in [0.1, 0.15) is 13.8 Å². The molecule has 2 nitrogen and oxygen atoms in total. The van der Waals surface area contributed by atoms with Crippen molar-refractivity contribution in [1.29, 1.82) is 0 Å². The van der Waals surface area contributed by atoms with Crippen molar-refractivity contribution in [3.05, 3.63) is 29.3 Å². The topological polar surface area (TPSA) is 32.3 Å². The largest absolute Gasteiger partial charge is 0.389 e. The summed E-state index contributed by atoms with van der Waals surface area (Å²) >= 11 is 5.72. The van der Waals surface area contributed by atoms with Gasteiger partial charge in [-0.05, 0) is 38.1 Å². The predicted molar refractivity (Wildman–Crippen MR) is 56.2 cm³/mol. The number of hydrogen-bond donors (Lipinski definition) is 2. The van der Waals surface area contributed by atoms with E-state index in [0.717, 1.165) is 5.69 Å². The molecule has 3 heteroatoms. The molecule has 0 spiro atoms. The summed E-state index contributed by atoms with van der Waals surface area (Å²) < 4.78 is 0. The molecule has 0 unspecified atom stereocenters. The van der Waals surface area contributed by atoms with E-state index in [2.05, 4.69) is 5.32 Å². The van der Waals surface area contributed by atoms with Gasteiger partial charge in [-0.25, -0.2) is 0 Å². The Morgan fingerprint density at radius 1 is 1.31 bits per heavy atom.